The number of hydrogen-bond acceptors (Lipinski definition) is 6. The van der Waals surface area contributed by atoms with Gasteiger partial charge in [0.15, 0.2) is 5.82 Å². The average Bonchev–Trinajstić information content (AvgIpc) is 3.03. The summed E-state index contributed by atoms with van der Waals surface area (Å²) in [6.45, 7) is 9.95. The second-order valence-corrected chi connectivity index (χ2v) is 8.25. The summed E-state index contributed by atoms with van der Waals surface area (Å²) in [6.07, 6.45) is 3.85. The summed E-state index contributed by atoms with van der Waals surface area (Å²) in [4.78, 5) is 19.3. The predicted octanol–water partition coefficient (Wildman–Crippen LogP) is 2.09. The highest BCUT2D eigenvalue weighted by atomic mass is 16.5. The first kappa shape index (κ1) is 18.3. The van der Waals surface area contributed by atoms with E-state index in [4.69, 9.17) is 9.26 Å². The van der Waals surface area contributed by atoms with E-state index in [0.29, 0.717) is 12.5 Å². The van der Waals surface area contributed by atoms with Crippen molar-refractivity contribution >= 4 is 5.91 Å². The highest BCUT2D eigenvalue weighted by molar-refractivity contribution is 5.79. The van der Waals surface area contributed by atoms with Gasteiger partial charge in [-0.15, -0.1) is 0 Å². The van der Waals surface area contributed by atoms with Gasteiger partial charge in [0.2, 0.25) is 11.8 Å². The van der Waals surface area contributed by atoms with Gasteiger partial charge in [-0.3, -0.25) is 9.69 Å². The summed E-state index contributed by atoms with van der Waals surface area (Å²) in [5.74, 6) is 1.96. The molecule has 0 spiro atoms. The maximum atomic E-state index is 12.4. The topological polar surface area (TPSA) is 80.5 Å². The Bertz CT molecular complexity index is 575. The van der Waals surface area contributed by atoms with E-state index in [1.165, 1.54) is 0 Å². The van der Waals surface area contributed by atoms with Gasteiger partial charge in [0.1, 0.15) is 0 Å². The highest BCUT2D eigenvalue weighted by Gasteiger charge is 2.29. The molecule has 0 bridgehead atoms. The van der Waals surface area contributed by atoms with Crippen LogP contribution in [0, 0.1) is 5.92 Å². The quantitative estimate of drug-likeness (QED) is 0.896. The fourth-order valence-corrected chi connectivity index (χ4v) is 3.53. The molecular formula is C18H30N4O3. The molecule has 3 heterocycles. The smallest absolute Gasteiger partial charge is 0.229 e. The first-order chi connectivity index (χ1) is 11.9. The average molecular weight is 350 g/mol. The van der Waals surface area contributed by atoms with Crippen molar-refractivity contribution in [2.75, 3.05) is 26.3 Å². The van der Waals surface area contributed by atoms with Crippen molar-refractivity contribution < 1.29 is 14.1 Å². The summed E-state index contributed by atoms with van der Waals surface area (Å²) in [5, 5.41) is 7.24. The third-order valence-electron chi connectivity index (χ3n) is 4.79. The van der Waals surface area contributed by atoms with Gasteiger partial charge < -0.3 is 14.6 Å². The van der Waals surface area contributed by atoms with Crippen LogP contribution in [0.4, 0.5) is 0 Å². The van der Waals surface area contributed by atoms with Gasteiger partial charge in [-0.25, -0.2) is 0 Å². The van der Waals surface area contributed by atoms with Crippen LogP contribution in [-0.2, 0) is 16.1 Å². The van der Waals surface area contributed by atoms with Crippen LogP contribution in [0.2, 0.25) is 0 Å². The van der Waals surface area contributed by atoms with Gasteiger partial charge in [-0.05, 0) is 53.0 Å². The molecule has 2 aliphatic rings. The second kappa shape index (κ2) is 7.83. The standard InChI is InChI=1S/C18H30N4O3/c1-18(2,3)20-16(23)14-5-4-8-22(11-14)12-15-19-17(25-21-15)13-6-9-24-10-7-13/h13-14H,4-12H2,1-3H3,(H,20,23). The molecule has 0 saturated carbocycles. The van der Waals surface area contributed by atoms with Crippen LogP contribution in [0.3, 0.4) is 0 Å². The molecule has 1 aromatic rings. The molecule has 2 saturated heterocycles. The number of hydrogen-bond donors (Lipinski definition) is 1. The monoisotopic (exact) mass is 350 g/mol. The van der Waals surface area contributed by atoms with Crippen LogP contribution in [0.15, 0.2) is 4.52 Å². The summed E-state index contributed by atoms with van der Waals surface area (Å²) in [6, 6.07) is 0. The van der Waals surface area contributed by atoms with Crippen molar-refractivity contribution in [3.8, 4) is 0 Å². The van der Waals surface area contributed by atoms with E-state index < -0.39 is 0 Å². The fourth-order valence-electron chi connectivity index (χ4n) is 3.53. The Balaban J connectivity index is 1.54. The molecule has 2 aliphatic heterocycles. The minimum absolute atomic E-state index is 0.0369. The van der Waals surface area contributed by atoms with Gasteiger partial charge in [-0.2, -0.15) is 4.98 Å². The van der Waals surface area contributed by atoms with Crippen molar-refractivity contribution in [2.45, 2.75) is 64.5 Å². The molecule has 1 N–H and O–H groups in total. The molecule has 25 heavy (non-hydrogen) atoms. The number of nitrogens with one attached hydrogen (secondary N) is 1. The highest BCUT2D eigenvalue weighted by Crippen LogP contribution is 2.26. The van der Waals surface area contributed by atoms with E-state index in [9.17, 15) is 4.79 Å². The van der Waals surface area contributed by atoms with Crippen molar-refractivity contribution in [3.05, 3.63) is 11.7 Å². The van der Waals surface area contributed by atoms with Gasteiger partial charge in [0.05, 0.1) is 12.5 Å². The van der Waals surface area contributed by atoms with Crippen molar-refractivity contribution in [2.24, 2.45) is 5.92 Å². The predicted molar refractivity (Wildman–Crippen MR) is 93.0 cm³/mol. The number of amides is 1. The maximum Gasteiger partial charge on any atom is 0.229 e. The number of rotatable bonds is 4. The first-order valence-electron chi connectivity index (χ1n) is 9.35. The number of ether oxygens (including phenoxy) is 1. The van der Waals surface area contributed by atoms with Crippen molar-refractivity contribution in [1.82, 2.24) is 20.4 Å². The fraction of sp³-hybridized carbons (Fsp3) is 0.833. The molecule has 1 aromatic heterocycles. The molecule has 0 aliphatic carbocycles. The van der Waals surface area contributed by atoms with Crippen LogP contribution in [0.25, 0.3) is 0 Å². The molecule has 140 valence electrons. The Kier molecular flexibility index (Phi) is 5.74. The summed E-state index contributed by atoms with van der Waals surface area (Å²) >= 11 is 0. The zero-order chi connectivity index (χ0) is 17.9. The van der Waals surface area contributed by atoms with Crippen LogP contribution >= 0.6 is 0 Å². The zero-order valence-electron chi connectivity index (χ0n) is 15.6. The molecule has 0 radical (unpaired) electrons. The number of piperidine rings is 1. The van der Waals surface area contributed by atoms with Crippen LogP contribution in [0.1, 0.15) is 64.1 Å². The van der Waals surface area contributed by atoms with Gasteiger partial charge in [0.25, 0.3) is 0 Å². The lowest BCUT2D eigenvalue weighted by atomic mass is 9.95. The Labute approximate surface area is 149 Å². The van der Waals surface area contributed by atoms with E-state index in [2.05, 4.69) is 20.4 Å². The molecule has 0 aromatic carbocycles. The van der Waals surface area contributed by atoms with E-state index in [1.807, 2.05) is 20.8 Å². The molecule has 1 atom stereocenters. The van der Waals surface area contributed by atoms with Crippen LogP contribution < -0.4 is 5.32 Å². The molecule has 7 heteroatoms. The molecule has 7 nitrogen and oxygen atoms in total. The number of carbonyl (C=O) groups is 1. The van der Waals surface area contributed by atoms with E-state index in [-0.39, 0.29) is 17.4 Å². The van der Waals surface area contributed by atoms with Crippen LogP contribution in [-0.4, -0.2) is 52.8 Å². The number of aromatic nitrogens is 2. The van der Waals surface area contributed by atoms with E-state index in [1.54, 1.807) is 0 Å². The van der Waals surface area contributed by atoms with Crippen molar-refractivity contribution in [1.29, 1.82) is 0 Å². The minimum atomic E-state index is -0.189. The largest absolute Gasteiger partial charge is 0.381 e. The van der Waals surface area contributed by atoms with Gasteiger partial charge in [-0.1, -0.05) is 5.16 Å². The number of nitrogens with zero attached hydrogens (tertiary/aromatic N) is 3. The van der Waals surface area contributed by atoms with E-state index >= 15 is 0 Å². The second-order valence-electron chi connectivity index (χ2n) is 8.25. The van der Waals surface area contributed by atoms with Gasteiger partial charge in [0, 0.05) is 31.2 Å². The number of carbonyl (C=O) groups excluding carboxylic acids is 1. The molecule has 1 amide bonds. The Morgan fingerprint density at radius 1 is 1.28 bits per heavy atom. The Morgan fingerprint density at radius 2 is 2.04 bits per heavy atom. The Morgan fingerprint density at radius 3 is 2.76 bits per heavy atom. The lowest BCUT2D eigenvalue weighted by Gasteiger charge is -2.33. The summed E-state index contributed by atoms with van der Waals surface area (Å²) in [7, 11) is 0. The normalized spacial score (nSPS) is 23.6. The zero-order valence-corrected chi connectivity index (χ0v) is 15.6. The van der Waals surface area contributed by atoms with Gasteiger partial charge >= 0.3 is 0 Å². The number of likely N-dealkylation sites (tertiary alicyclic amines) is 1. The summed E-state index contributed by atoms with van der Waals surface area (Å²) in [5.41, 5.74) is -0.189. The SMILES string of the molecule is CC(C)(C)NC(=O)C1CCCN(Cc2noc(C3CCOCC3)n2)C1. The minimum Gasteiger partial charge on any atom is -0.381 e. The summed E-state index contributed by atoms with van der Waals surface area (Å²) < 4.78 is 10.8. The third-order valence-corrected chi connectivity index (χ3v) is 4.79. The lowest BCUT2D eigenvalue weighted by Crippen LogP contribution is -2.48. The molecule has 3 rings (SSSR count). The molecule has 1 unspecified atom stereocenters. The molecular weight excluding hydrogens is 320 g/mol. The third kappa shape index (κ3) is 5.25. The van der Waals surface area contributed by atoms with Crippen molar-refractivity contribution in [3.63, 3.8) is 0 Å². The maximum absolute atomic E-state index is 12.4. The first-order valence-corrected chi connectivity index (χ1v) is 9.35. The lowest BCUT2D eigenvalue weighted by molar-refractivity contribution is -0.128. The van der Waals surface area contributed by atoms with E-state index in [0.717, 1.165) is 63.7 Å². The molecule has 2 fully saturated rings. The van der Waals surface area contributed by atoms with Crippen LogP contribution in [0.5, 0.6) is 0 Å². The Hall–Kier alpha value is -1.47.